The molecule has 2 fully saturated rings. The highest BCUT2D eigenvalue weighted by Gasteiger charge is 2.38. The predicted molar refractivity (Wildman–Crippen MR) is 88.0 cm³/mol. The van der Waals surface area contributed by atoms with Crippen molar-refractivity contribution in [3.63, 3.8) is 0 Å². The highest BCUT2D eigenvalue weighted by atomic mass is 15.1. The van der Waals surface area contributed by atoms with E-state index in [-0.39, 0.29) is 0 Å². The Morgan fingerprint density at radius 1 is 1.00 bits per heavy atom. The first-order valence-corrected chi connectivity index (χ1v) is 8.68. The summed E-state index contributed by atoms with van der Waals surface area (Å²) in [6.45, 7) is 13.6. The molecule has 1 saturated heterocycles. The van der Waals surface area contributed by atoms with E-state index in [1.807, 2.05) is 0 Å². The third-order valence-electron chi connectivity index (χ3n) is 5.38. The van der Waals surface area contributed by atoms with Gasteiger partial charge in [-0.25, -0.2) is 0 Å². The Bertz CT molecular complexity index is 285. The molecule has 0 aromatic heterocycles. The van der Waals surface area contributed by atoms with Gasteiger partial charge < -0.3 is 10.2 Å². The van der Waals surface area contributed by atoms with Crippen LogP contribution < -0.4 is 5.32 Å². The molecule has 0 bridgehead atoms. The second kappa shape index (κ2) is 6.36. The average molecular weight is 280 g/mol. The number of nitrogens with zero attached hydrogens (tertiary/aromatic N) is 1. The van der Waals surface area contributed by atoms with Crippen LogP contribution >= 0.6 is 0 Å². The Hall–Kier alpha value is -0.0800. The minimum absolute atomic E-state index is 0.507. The van der Waals surface area contributed by atoms with Gasteiger partial charge in [-0.1, -0.05) is 27.7 Å². The number of likely N-dealkylation sites (tertiary alicyclic amines) is 1. The van der Waals surface area contributed by atoms with Gasteiger partial charge in [0.15, 0.2) is 0 Å². The Labute approximate surface area is 126 Å². The average Bonchev–Trinajstić information content (AvgIpc) is 2.27. The number of hydrogen-bond acceptors (Lipinski definition) is 2. The Kier molecular flexibility index (Phi) is 5.18. The fourth-order valence-electron chi connectivity index (χ4n) is 4.83. The molecule has 0 aromatic rings. The van der Waals surface area contributed by atoms with Crippen molar-refractivity contribution >= 4 is 0 Å². The molecular weight excluding hydrogens is 244 g/mol. The summed E-state index contributed by atoms with van der Waals surface area (Å²) in [5.74, 6) is 0.961. The monoisotopic (exact) mass is 280 g/mol. The van der Waals surface area contributed by atoms with Gasteiger partial charge in [0, 0.05) is 6.04 Å². The zero-order chi connectivity index (χ0) is 14.8. The van der Waals surface area contributed by atoms with E-state index in [0.717, 1.165) is 12.0 Å². The summed E-state index contributed by atoms with van der Waals surface area (Å²) in [5, 5.41) is 3.88. The Morgan fingerprint density at radius 2 is 1.55 bits per heavy atom. The van der Waals surface area contributed by atoms with E-state index in [4.69, 9.17) is 0 Å². The maximum atomic E-state index is 3.88. The van der Waals surface area contributed by atoms with Crippen LogP contribution in [0.4, 0.5) is 0 Å². The molecule has 118 valence electrons. The number of hydrogen-bond donors (Lipinski definition) is 1. The topological polar surface area (TPSA) is 15.3 Å². The second-order valence-corrected chi connectivity index (χ2v) is 9.10. The Balaban J connectivity index is 1.71. The van der Waals surface area contributed by atoms with Crippen LogP contribution in [-0.4, -0.2) is 37.6 Å². The Morgan fingerprint density at radius 3 is 2.10 bits per heavy atom. The molecule has 0 spiro atoms. The number of piperidine rings is 1. The van der Waals surface area contributed by atoms with E-state index in [1.165, 1.54) is 58.2 Å². The fourth-order valence-corrected chi connectivity index (χ4v) is 4.83. The van der Waals surface area contributed by atoms with E-state index < -0.39 is 0 Å². The lowest BCUT2D eigenvalue weighted by molar-refractivity contribution is 0.0840. The minimum Gasteiger partial charge on any atom is -0.314 e. The maximum Gasteiger partial charge on any atom is 0.00772 e. The molecule has 1 saturated carbocycles. The van der Waals surface area contributed by atoms with Crippen LogP contribution in [0, 0.1) is 16.7 Å². The highest BCUT2D eigenvalue weighted by Crippen LogP contribution is 2.45. The third-order valence-corrected chi connectivity index (χ3v) is 5.38. The van der Waals surface area contributed by atoms with Gasteiger partial charge in [-0.15, -0.1) is 0 Å². The fraction of sp³-hybridized carbons (Fsp3) is 1.00. The van der Waals surface area contributed by atoms with E-state index >= 15 is 0 Å². The molecule has 0 radical (unpaired) electrons. The molecule has 0 unspecified atom stereocenters. The van der Waals surface area contributed by atoms with Gasteiger partial charge in [0.05, 0.1) is 0 Å². The van der Waals surface area contributed by atoms with E-state index in [9.17, 15) is 0 Å². The van der Waals surface area contributed by atoms with Gasteiger partial charge in [0.25, 0.3) is 0 Å². The van der Waals surface area contributed by atoms with Crippen molar-refractivity contribution in [3.05, 3.63) is 0 Å². The minimum atomic E-state index is 0.507. The van der Waals surface area contributed by atoms with E-state index in [2.05, 4.69) is 45.0 Å². The number of rotatable bonds is 4. The molecule has 1 aliphatic carbocycles. The van der Waals surface area contributed by atoms with Crippen LogP contribution in [0.2, 0.25) is 0 Å². The van der Waals surface area contributed by atoms with Crippen molar-refractivity contribution in [3.8, 4) is 0 Å². The van der Waals surface area contributed by atoms with Crippen molar-refractivity contribution in [1.29, 1.82) is 0 Å². The first kappa shape index (κ1) is 16.3. The smallest absolute Gasteiger partial charge is 0.00772 e. The summed E-state index contributed by atoms with van der Waals surface area (Å²) in [7, 11) is 2.25. The summed E-state index contributed by atoms with van der Waals surface area (Å²) in [6, 6.07) is 0.736. The molecule has 1 aliphatic heterocycles. The molecule has 2 nitrogen and oxygen atoms in total. The van der Waals surface area contributed by atoms with Crippen molar-refractivity contribution in [2.24, 2.45) is 16.7 Å². The summed E-state index contributed by atoms with van der Waals surface area (Å²) in [4.78, 5) is 2.47. The van der Waals surface area contributed by atoms with Crippen molar-refractivity contribution in [2.75, 3.05) is 26.7 Å². The van der Waals surface area contributed by atoms with Crippen LogP contribution in [0.15, 0.2) is 0 Å². The summed E-state index contributed by atoms with van der Waals surface area (Å²) < 4.78 is 0. The van der Waals surface area contributed by atoms with Gasteiger partial charge >= 0.3 is 0 Å². The van der Waals surface area contributed by atoms with E-state index in [0.29, 0.717) is 10.8 Å². The molecule has 0 aromatic carbocycles. The molecule has 2 aliphatic rings. The molecule has 20 heavy (non-hydrogen) atoms. The molecule has 2 heteroatoms. The molecule has 0 atom stereocenters. The van der Waals surface area contributed by atoms with Gasteiger partial charge in [0.1, 0.15) is 0 Å². The lowest BCUT2D eigenvalue weighted by Crippen LogP contribution is -2.44. The van der Waals surface area contributed by atoms with Crippen LogP contribution in [0.3, 0.4) is 0 Å². The SMILES string of the molecule is CN1CCC(CCNC2CC(C)(C)CC(C)(C)C2)CC1. The van der Waals surface area contributed by atoms with Crippen molar-refractivity contribution < 1.29 is 0 Å². The van der Waals surface area contributed by atoms with Crippen LogP contribution in [0.1, 0.15) is 66.2 Å². The zero-order valence-electron chi connectivity index (χ0n) is 14.5. The molecular formula is C18H36N2. The third kappa shape index (κ3) is 5.04. The van der Waals surface area contributed by atoms with Gasteiger partial charge in [0.2, 0.25) is 0 Å². The van der Waals surface area contributed by atoms with Crippen LogP contribution in [-0.2, 0) is 0 Å². The van der Waals surface area contributed by atoms with Gasteiger partial charge in [-0.05, 0) is 82.0 Å². The zero-order valence-corrected chi connectivity index (χ0v) is 14.5. The number of nitrogens with one attached hydrogen (secondary N) is 1. The molecule has 0 amide bonds. The summed E-state index contributed by atoms with van der Waals surface area (Å²) in [5.41, 5.74) is 1.01. The predicted octanol–water partition coefficient (Wildman–Crippen LogP) is 3.91. The normalized spacial score (nSPS) is 28.6. The standard InChI is InChI=1S/C18H36N2/c1-17(2)12-16(13-18(3,4)14-17)19-9-6-15-7-10-20(5)11-8-15/h15-16,19H,6-14H2,1-5H3. The van der Waals surface area contributed by atoms with Crippen LogP contribution in [0.25, 0.3) is 0 Å². The first-order valence-electron chi connectivity index (χ1n) is 8.68. The highest BCUT2D eigenvalue weighted by molar-refractivity contribution is 4.92. The second-order valence-electron chi connectivity index (χ2n) is 9.10. The van der Waals surface area contributed by atoms with Crippen LogP contribution in [0.5, 0.6) is 0 Å². The molecule has 1 N–H and O–H groups in total. The summed E-state index contributed by atoms with van der Waals surface area (Å²) >= 11 is 0. The van der Waals surface area contributed by atoms with Gasteiger partial charge in [-0.3, -0.25) is 0 Å². The molecule has 2 rings (SSSR count). The van der Waals surface area contributed by atoms with Crippen molar-refractivity contribution in [2.45, 2.75) is 72.3 Å². The quantitative estimate of drug-likeness (QED) is 0.840. The van der Waals surface area contributed by atoms with E-state index in [1.54, 1.807) is 0 Å². The summed E-state index contributed by atoms with van der Waals surface area (Å²) in [6.07, 6.45) is 8.26. The van der Waals surface area contributed by atoms with Crippen molar-refractivity contribution in [1.82, 2.24) is 10.2 Å². The lowest BCUT2D eigenvalue weighted by atomic mass is 9.63. The van der Waals surface area contributed by atoms with Gasteiger partial charge in [-0.2, -0.15) is 0 Å². The first-order chi connectivity index (χ1) is 9.26. The maximum absolute atomic E-state index is 3.88. The lowest BCUT2D eigenvalue weighted by Gasteiger charge is -2.45. The largest absolute Gasteiger partial charge is 0.314 e. The molecule has 1 heterocycles.